The number of sulfonamides is 1. The largest absolute Gasteiger partial charge is 0.326 e. The number of aromatic nitrogens is 1. The van der Waals surface area contributed by atoms with Crippen LogP contribution >= 0.6 is 12.4 Å². The molecule has 5 nitrogen and oxygen atoms in total. The van der Waals surface area contributed by atoms with Gasteiger partial charge >= 0.3 is 0 Å². The molecule has 1 aromatic heterocycles. The Kier molecular flexibility index (Phi) is 4.12. The van der Waals surface area contributed by atoms with E-state index in [0.29, 0.717) is 25.3 Å². The SMILES string of the molecule is Cl.NCc1ccnc(N2CCCS2(=O)=O)c1. The fourth-order valence-electron chi connectivity index (χ4n) is 1.62. The number of rotatable bonds is 2. The van der Waals surface area contributed by atoms with E-state index in [1.165, 1.54) is 4.31 Å². The fourth-order valence-corrected chi connectivity index (χ4v) is 3.13. The van der Waals surface area contributed by atoms with Crippen LogP contribution in [0.4, 0.5) is 5.82 Å². The lowest BCUT2D eigenvalue weighted by atomic mass is 10.2. The Morgan fingerprint density at radius 2 is 2.25 bits per heavy atom. The molecule has 0 amide bonds. The first kappa shape index (κ1) is 13.2. The minimum atomic E-state index is -3.14. The second-order valence-electron chi connectivity index (χ2n) is 3.47. The van der Waals surface area contributed by atoms with Gasteiger partial charge in [-0.3, -0.25) is 4.31 Å². The second-order valence-corrected chi connectivity index (χ2v) is 5.48. The molecule has 0 atom stereocenters. The van der Waals surface area contributed by atoms with E-state index in [1.54, 1.807) is 18.3 Å². The van der Waals surface area contributed by atoms with Crippen LogP contribution in [-0.4, -0.2) is 25.7 Å². The standard InChI is InChI=1S/C9H13N3O2S.ClH/c10-7-8-2-3-11-9(6-8)12-4-1-5-15(12,13)14;/h2-3,6H,1,4-5,7,10H2;1H. The zero-order valence-electron chi connectivity index (χ0n) is 8.67. The van der Waals surface area contributed by atoms with Crippen LogP contribution < -0.4 is 10.0 Å². The van der Waals surface area contributed by atoms with Gasteiger partial charge in [0.15, 0.2) is 0 Å². The second kappa shape index (κ2) is 4.99. The average Bonchev–Trinajstić information content (AvgIpc) is 2.58. The molecule has 2 N–H and O–H groups in total. The van der Waals surface area contributed by atoms with Gasteiger partial charge in [-0.25, -0.2) is 13.4 Å². The van der Waals surface area contributed by atoms with E-state index in [0.717, 1.165) is 5.56 Å². The molecule has 7 heteroatoms. The van der Waals surface area contributed by atoms with Crippen molar-refractivity contribution in [2.75, 3.05) is 16.6 Å². The van der Waals surface area contributed by atoms with E-state index in [-0.39, 0.29) is 18.2 Å². The Labute approximate surface area is 101 Å². The van der Waals surface area contributed by atoms with Crippen molar-refractivity contribution in [3.63, 3.8) is 0 Å². The van der Waals surface area contributed by atoms with E-state index in [4.69, 9.17) is 5.73 Å². The molecular weight excluding hydrogens is 250 g/mol. The van der Waals surface area contributed by atoms with Crippen LogP contribution in [0, 0.1) is 0 Å². The number of anilines is 1. The van der Waals surface area contributed by atoms with Crippen molar-refractivity contribution in [1.82, 2.24) is 4.98 Å². The van der Waals surface area contributed by atoms with Crippen LogP contribution in [0.1, 0.15) is 12.0 Å². The van der Waals surface area contributed by atoms with Crippen LogP contribution in [0.3, 0.4) is 0 Å². The summed E-state index contributed by atoms with van der Waals surface area (Å²) in [4.78, 5) is 4.06. The van der Waals surface area contributed by atoms with E-state index >= 15 is 0 Å². The predicted molar refractivity (Wildman–Crippen MR) is 65.1 cm³/mol. The number of hydrogen-bond acceptors (Lipinski definition) is 4. The molecule has 1 aliphatic rings. The Morgan fingerprint density at radius 1 is 1.50 bits per heavy atom. The van der Waals surface area contributed by atoms with E-state index in [2.05, 4.69) is 4.98 Å². The number of nitrogens with two attached hydrogens (primary N) is 1. The van der Waals surface area contributed by atoms with Crippen molar-refractivity contribution in [1.29, 1.82) is 0 Å². The van der Waals surface area contributed by atoms with Gasteiger partial charge in [0.1, 0.15) is 5.82 Å². The Bertz CT molecular complexity index is 464. The third-order valence-electron chi connectivity index (χ3n) is 2.40. The van der Waals surface area contributed by atoms with Gasteiger partial charge in [-0.05, 0) is 24.1 Å². The first-order valence-corrected chi connectivity index (χ1v) is 6.40. The number of nitrogens with zero attached hydrogens (tertiary/aromatic N) is 2. The highest BCUT2D eigenvalue weighted by molar-refractivity contribution is 7.93. The molecule has 1 fully saturated rings. The molecule has 1 aromatic rings. The van der Waals surface area contributed by atoms with Gasteiger partial charge in [-0.2, -0.15) is 0 Å². The summed E-state index contributed by atoms with van der Waals surface area (Å²) >= 11 is 0. The highest BCUT2D eigenvalue weighted by Crippen LogP contribution is 2.22. The van der Waals surface area contributed by atoms with E-state index < -0.39 is 10.0 Å². The summed E-state index contributed by atoms with van der Waals surface area (Å²) in [5.41, 5.74) is 6.38. The van der Waals surface area contributed by atoms with Gasteiger partial charge in [0.25, 0.3) is 0 Å². The summed E-state index contributed by atoms with van der Waals surface area (Å²) in [6.07, 6.45) is 2.25. The van der Waals surface area contributed by atoms with Crippen LogP contribution in [0.5, 0.6) is 0 Å². The van der Waals surface area contributed by atoms with Gasteiger partial charge in [-0.15, -0.1) is 12.4 Å². The van der Waals surface area contributed by atoms with Crippen LogP contribution in [0.2, 0.25) is 0 Å². The van der Waals surface area contributed by atoms with Crippen molar-refractivity contribution in [2.45, 2.75) is 13.0 Å². The predicted octanol–water partition coefficient (Wildman–Crippen LogP) is 0.502. The Hall–Kier alpha value is -0.850. The molecule has 0 saturated carbocycles. The van der Waals surface area contributed by atoms with Gasteiger partial charge < -0.3 is 5.73 Å². The van der Waals surface area contributed by atoms with Crippen molar-refractivity contribution >= 4 is 28.2 Å². The third-order valence-corrected chi connectivity index (χ3v) is 4.25. The third kappa shape index (κ3) is 2.45. The van der Waals surface area contributed by atoms with Crippen molar-refractivity contribution < 1.29 is 8.42 Å². The summed E-state index contributed by atoms with van der Waals surface area (Å²) in [6.45, 7) is 0.909. The van der Waals surface area contributed by atoms with Crippen molar-refractivity contribution in [3.8, 4) is 0 Å². The average molecular weight is 264 g/mol. The van der Waals surface area contributed by atoms with Gasteiger partial charge in [-0.1, -0.05) is 0 Å². The highest BCUT2D eigenvalue weighted by Gasteiger charge is 2.29. The molecule has 0 unspecified atom stereocenters. The first-order chi connectivity index (χ1) is 7.13. The molecule has 1 saturated heterocycles. The molecule has 2 heterocycles. The van der Waals surface area contributed by atoms with Gasteiger partial charge in [0.2, 0.25) is 10.0 Å². The van der Waals surface area contributed by atoms with Crippen LogP contribution in [-0.2, 0) is 16.6 Å². The maximum absolute atomic E-state index is 11.6. The molecule has 16 heavy (non-hydrogen) atoms. The zero-order chi connectivity index (χ0) is 10.9. The number of pyridine rings is 1. The van der Waals surface area contributed by atoms with Crippen LogP contribution in [0.15, 0.2) is 18.3 Å². The summed E-state index contributed by atoms with van der Waals surface area (Å²) in [5.74, 6) is 0.692. The van der Waals surface area contributed by atoms with Crippen molar-refractivity contribution in [3.05, 3.63) is 23.9 Å². The molecule has 90 valence electrons. The quantitative estimate of drug-likeness (QED) is 0.843. The molecule has 0 aliphatic carbocycles. The lowest BCUT2D eigenvalue weighted by Gasteiger charge is -2.15. The Balaban J connectivity index is 0.00000128. The van der Waals surface area contributed by atoms with Gasteiger partial charge in [0, 0.05) is 19.3 Å². The molecule has 0 radical (unpaired) electrons. The molecule has 0 spiro atoms. The van der Waals surface area contributed by atoms with E-state index in [1.807, 2.05) is 0 Å². The normalized spacial score (nSPS) is 18.2. The molecule has 1 aliphatic heterocycles. The van der Waals surface area contributed by atoms with Crippen molar-refractivity contribution in [2.24, 2.45) is 5.73 Å². The topological polar surface area (TPSA) is 76.3 Å². The number of hydrogen-bond donors (Lipinski definition) is 1. The van der Waals surface area contributed by atoms with Crippen LogP contribution in [0.25, 0.3) is 0 Å². The number of halogens is 1. The smallest absolute Gasteiger partial charge is 0.236 e. The fraction of sp³-hybridized carbons (Fsp3) is 0.444. The minimum absolute atomic E-state index is 0. The first-order valence-electron chi connectivity index (χ1n) is 4.79. The summed E-state index contributed by atoms with van der Waals surface area (Å²) in [6, 6.07) is 3.51. The molecule has 2 rings (SSSR count). The Morgan fingerprint density at radius 3 is 2.81 bits per heavy atom. The highest BCUT2D eigenvalue weighted by atomic mass is 35.5. The maximum Gasteiger partial charge on any atom is 0.236 e. The summed E-state index contributed by atoms with van der Waals surface area (Å²) in [7, 11) is -3.14. The lowest BCUT2D eigenvalue weighted by Crippen LogP contribution is -2.26. The molecule has 0 bridgehead atoms. The van der Waals surface area contributed by atoms with Gasteiger partial charge in [0.05, 0.1) is 5.75 Å². The molecular formula is C9H14ClN3O2S. The summed E-state index contributed by atoms with van der Waals surface area (Å²) in [5, 5.41) is 0. The maximum atomic E-state index is 11.6. The summed E-state index contributed by atoms with van der Waals surface area (Å²) < 4.78 is 24.6. The lowest BCUT2D eigenvalue weighted by molar-refractivity contribution is 0.599. The minimum Gasteiger partial charge on any atom is -0.326 e. The van der Waals surface area contributed by atoms with E-state index in [9.17, 15) is 8.42 Å². The molecule has 0 aromatic carbocycles. The monoisotopic (exact) mass is 263 g/mol. The zero-order valence-corrected chi connectivity index (χ0v) is 10.3.